The Hall–Kier alpha value is -1.16. The van der Waals surface area contributed by atoms with Crippen LogP contribution in [0.25, 0.3) is 0 Å². The highest BCUT2D eigenvalue weighted by molar-refractivity contribution is 5.80. The van der Waals surface area contributed by atoms with Gasteiger partial charge >= 0.3 is 0 Å². The van der Waals surface area contributed by atoms with Gasteiger partial charge in [0.25, 0.3) is 0 Å². The topological polar surface area (TPSA) is 46.9 Å². The minimum atomic E-state index is 0.319. The summed E-state index contributed by atoms with van der Waals surface area (Å²) in [4.78, 5) is 12.0. The first kappa shape index (κ1) is 14.3. The normalized spacial score (nSPS) is 19.8. The molecule has 1 unspecified atom stereocenters. The van der Waals surface area contributed by atoms with Crippen molar-refractivity contribution in [2.24, 2.45) is 5.92 Å². The minimum absolute atomic E-state index is 0.319. The number of ketones is 1. The number of nitrogens with one attached hydrogen (secondary N) is 1. The highest BCUT2D eigenvalue weighted by Crippen LogP contribution is 2.16. The molecule has 2 rings (SSSR count). The zero-order valence-electron chi connectivity index (χ0n) is 12.1. The van der Waals surface area contributed by atoms with Crippen molar-refractivity contribution in [3.05, 3.63) is 18.0 Å². The van der Waals surface area contributed by atoms with Crippen LogP contribution in [0, 0.1) is 5.92 Å². The molecule has 0 bridgehead atoms. The van der Waals surface area contributed by atoms with Gasteiger partial charge in [-0.3, -0.25) is 9.48 Å². The molecule has 4 heteroatoms. The molecule has 0 spiro atoms. The summed E-state index contributed by atoms with van der Waals surface area (Å²) in [5, 5.41) is 7.83. The van der Waals surface area contributed by atoms with Crippen molar-refractivity contribution in [3.63, 3.8) is 0 Å². The van der Waals surface area contributed by atoms with Crippen LogP contribution in [0.15, 0.2) is 12.3 Å². The van der Waals surface area contributed by atoms with Crippen LogP contribution >= 0.6 is 0 Å². The van der Waals surface area contributed by atoms with E-state index in [0.717, 1.165) is 25.2 Å². The molecule has 19 heavy (non-hydrogen) atoms. The highest BCUT2D eigenvalue weighted by Gasteiger charge is 2.15. The Balaban J connectivity index is 1.73. The molecule has 1 saturated heterocycles. The fourth-order valence-corrected chi connectivity index (χ4v) is 2.59. The quantitative estimate of drug-likeness (QED) is 0.857. The summed E-state index contributed by atoms with van der Waals surface area (Å²) in [5.41, 5.74) is 0.903. The average Bonchev–Trinajstić information content (AvgIpc) is 2.86. The first-order valence-electron chi connectivity index (χ1n) is 7.41. The molecule has 1 N–H and O–H groups in total. The second-order valence-electron chi connectivity index (χ2n) is 5.85. The van der Waals surface area contributed by atoms with Gasteiger partial charge in [0.1, 0.15) is 5.78 Å². The Morgan fingerprint density at radius 2 is 2.42 bits per heavy atom. The maximum absolute atomic E-state index is 12.0. The van der Waals surface area contributed by atoms with E-state index in [0.29, 0.717) is 30.6 Å². The fourth-order valence-electron chi connectivity index (χ4n) is 2.59. The lowest BCUT2D eigenvalue weighted by Crippen LogP contribution is -2.30. The van der Waals surface area contributed by atoms with E-state index >= 15 is 0 Å². The van der Waals surface area contributed by atoms with Crippen LogP contribution in [0.2, 0.25) is 0 Å². The number of carbonyl (C=O) groups excluding carboxylic acids is 1. The Morgan fingerprint density at radius 1 is 1.58 bits per heavy atom. The molecule has 2 heterocycles. The van der Waals surface area contributed by atoms with E-state index in [1.165, 1.54) is 12.8 Å². The van der Waals surface area contributed by atoms with Crippen molar-refractivity contribution in [3.8, 4) is 0 Å². The summed E-state index contributed by atoms with van der Waals surface area (Å²) in [7, 11) is 0. The van der Waals surface area contributed by atoms with Crippen LogP contribution in [0.5, 0.6) is 0 Å². The number of hydrogen-bond donors (Lipinski definition) is 1. The number of Topliss-reactive ketones (excluding diaryl/α,β-unsaturated/α-hetero) is 1. The number of hydrogen-bond acceptors (Lipinski definition) is 3. The predicted octanol–water partition coefficient (Wildman–Crippen LogP) is 2.36. The van der Waals surface area contributed by atoms with Crippen molar-refractivity contribution in [2.75, 3.05) is 13.1 Å². The Morgan fingerprint density at radius 3 is 3.05 bits per heavy atom. The molecule has 0 aliphatic carbocycles. The molecular formula is C15H25N3O. The van der Waals surface area contributed by atoms with Gasteiger partial charge in [-0.25, -0.2) is 0 Å². The average molecular weight is 263 g/mol. The van der Waals surface area contributed by atoms with Crippen LogP contribution in [0.1, 0.15) is 51.3 Å². The van der Waals surface area contributed by atoms with Gasteiger partial charge in [0, 0.05) is 18.7 Å². The maximum Gasteiger partial charge on any atom is 0.138 e. The molecule has 0 amide bonds. The minimum Gasteiger partial charge on any atom is -0.316 e. The molecule has 0 radical (unpaired) electrons. The van der Waals surface area contributed by atoms with Crippen molar-refractivity contribution in [1.82, 2.24) is 15.1 Å². The molecular weight excluding hydrogens is 238 g/mol. The SMILES string of the molecule is CC(C)n1ccc(CC(=O)CCC2CCCNC2)n1. The van der Waals surface area contributed by atoms with E-state index in [-0.39, 0.29) is 0 Å². The monoisotopic (exact) mass is 263 g/mol. The van der Waals surface area contributed by atoms with Crippen LogP contribution in [-0.4, -0.2) is 28.7 Å². The van der Waals surface area contributed by atoms with E-state index in [2.05, 4.69) is 24.3 Å². The number of rotatable bonds is 6. The third-order valence-corrected chi connectivity index (χ3v) is 3.80. The van der Waals surface area contributed by atoms with Crippen LogP contribution in [-0.2, 0) is 11.2 Å². The molecule has 1 aromatic heterocycles. The lowest BCUT2D eigenvalue weighted by molar-refractivity contribution is -0.118. The Bertz CT molecular complexity index is 405. The van der Waals surface area contributed by atoms with E-state index in [9.17, 15) is 4.79 Å². The Labute approximate surface area is 115 Å². The van der Waals surface area contributed by atoms with Gasteiger partial charge in [-0.05, 0) is 58.2 Å². The summed E-state index contributed by atoms with van der Waals surface area (Å²) in [6.07, 6.45) is 6.68. The number of aromatic nitrogens is 2. The predicted molar refractivity (Wildman–Crippen MR) is 76.2 cm³/mol. The second-order valence-corrected chi connectivity index (χ2v) is 5.85. The third kappa shape index (κ3) is 4.46. The van der Waals surface area contributed by atoms with Gasteiger partial charge in [0.15, 0.2) is 0 Å². The van der Waals surface area contributed by atoms with Gasteiger partial charge < -0.3 is 5.32 Å². The largest absolute Gasteiger partial charge is 0.316 e. The molecule has 1 aliphatic rings. The van der Waals surface area contributed by atoms with Crippen LogP contribution in [0.4, 0.5) is 0 Å². The smallest absolute Gasteiger partial charge is 0.138 e. The molecule has 1 fully saturated rings. The lowest BCUT2D eigenvalue weighted by atomic mass is 9.93. The molecule has 1 aliphatic heterocycles. The van der Waals surface area contributed by atoms with Gasteiger partial charge in [-0.1, -0.05) is 0 Å². The molecule has 0 saturated carbocycles. The van der Waals surface area contributed by atoms with Crippen molar-refractivity contribution in [2.45, 2.75) is 52.0 Å². The van der Waals surface area contributed by atoms with Crippen molar-refractivity contribution < 1.29 is 4.79 Å². The van der Waals surface area contributed by atoms with Crippen LogP contribution < -0.4 is 5.32 Å². The molecule has 0 aromatic carbocycles. The third-order valence-electron chi connectivity index (χ3n) is 3.80. The number of nitrogens with zero attached hydrogens (tertiary/aromatic N) is 2. The molecule has 106 valence electrons. The van der Waals surface area contributed by atoms with E-state index in [1.54, 1.807) is 0 Å². The van der Waals surface area contributed by atoms with Gasteiger partial charge in [0.05, 0.1) is 12.1 Å². The first-order chi connectivity index (χ1) is 9.15. The van der Waals surface area contributed by atoms with Gasteiger partial charge in [-0.15, -0.1) is 0 Å². The number of carbonyl (C=O) groups is 1. The molecule has 1 atom stereocenters. The summed E-state index contributed by atoms with van der Waals surface area (Å²) in [5.74, 6) is 1.01. The molecule has 4 nitrogen and oxygen atoms in total. The zero-order chi connectivity index (χ0) is 13.7. The Kier molecular flexibility index (Phi) is 5.14. The van der Waals surface area contributed by atoms with E-state index in [4.69, 9.17) is 0 Å². The summed E-state index contributed by atoms with van der Waals surface area (Å²) in [6, 6.07) is 2.32. The zero-order valence-corrected chi connectivity index (χ0v) is 12.1. The lowest BCUT2D eigenvalue weighted by Gasteiger charge is -2.22. The summed E-state index contributed by atoms with van der Waals surface area (Å²) >= 11 is 0. The number of piperidine rings is 1. The second kappa shape index (κ2) is 6.85. The van der Waals surface area contributed by atoms with Gasteiger partial charge in [-0.2, -0.15) is 5.10 Å². The highest BCUT2D eigenvalue weighted by atomic mass is 16.1. The fraction of sp³-hybridized carbons (Fsp3) is 0.733. The standard InChI is InChI=1S/C15H25N3O/c1-12(2)18-9-7-14(17-18)10-15(19)6-5-13-4-3-8-16-11-13/h7,9,12-13,16H,3-6,8,10-11H2,1-2H3. The maximum atomic E-state index is 12.0. The summed E-state index contributed by atoms with van der Waals surface area (Å²) in [6.45, 7) is 6.40. The van der Waals surface area contributed by atoms with E-state index < -0.39 is 0 Å². The van der Waals surface area contributed by atoms with Crippen molar-refractivity contribution in [1.29, 1.82) is 0 Å². The van der Waals surface area contributed by atoms with Crippen LogP contribution in [0.3, 0.4) is 0 Å². The molecule has 1 aromatic rings. The van der Waals surface area contributed by atoms with Gasteiger partial charge in [0.2, 0.25) is 0 Å². The summed E-state index contributed by atoms with van der Waals surface area (Å²) < 4.78 is 1.91. The van der Waals surface area contributed by atoms with E-state index in [1.807, 2.05) is 16.9 Å². The first-order valence-corrected chi connectivity index (χ1v) is 7.41. The van der Waals surface area contributed by atoms with Crippen molar-refractivity contribution >= 4 is 5.78 Å².